The molecule has 1 aromatic heterocycles. The van der Waals surface area contributed by atoms with Crippen molar-refractivity contribution in [3.63, 3.8) is 0 Å². The summed E-state index contributed by atoms with van der Waals surface area (Å²) in [6.45, 7) is 1.75. The summed E-state index contributed by atoms with van der Waals surface area (Å²) in [4.78, 5) is 0. The Bertz CT molecular complexity index is 532. The van der Waals surface area contributed by atoms with E-state index in [0.717, 1.165) is 17.1 Å². The Balaban J connectivity index is 2.49. The lowest BCUT2D eigenvalue weighted by Crippen LogP contribution is -2.00. The van der Waals surface area contributed by atoms with Crippen LogP contribution < -0.4 is 9.47 Å². The van der Waals surface area contributed by atoms with Crippen molar-refractivity contribution in [3.05, 3.63) is 35.5 Å². The van der Waals surface area contributed by atoms with Crippen molar-refractivity contribution in [1.29, 1.82) is 0 Å². The SMILES string of the molecule is COc1ccc(-n2nc(C)c(CO)c2OC)cc1. The molecule has 2 rings (SSSR count). The Kier molecular flexibility index (Phi) is 3.53. The molecule has 0 radical (unpaired) electrons. The lowest BCUT2D eigenvalue weighted by atomic mass is 10.2. The third kappa shape index (κ3) is 2.04. The summed E-state index contributed by atoms with van der Waals surface area (Å²) in [5.74, 6) is 1.34. The number of benzene rings is 1. The van der Waals surface area contributed by atoms with Gasteiger partial charge in [-0.2, -0.15) is 5.10 Å². The highest BCUT2D eigenvalue weighted by Crippen LogP contribution is 2.26. The van der Waals surface area contributed by atoms with Gasteiger partial charge in [-0.05, 0) is 31.2 Å². The Morgan fingerprint density at radius 3 is 2.33 bits per heavy atom. The summed E-state index contributed by atoms with van der Waals surface area (Å²) in [7, 11) is 3.19. The average molecular weight is 248 g/mol. The summed E-state index contributed by atoms with van der Waals surface area (Å²) < 4.78 is 12.1. The van der Waals surface area contributed by atoms with Crippen molar-refractivity contribution in [2.45, 2.75) is 13.5 Å². The molecular formula is C13H16N2O3. The van der Waals surface area contributed by atoms with Crippen LogP contribution in [0.1, 0.15) is 11.3 Å². The van der Waals surface area contributed by atoms with Crippen LogP contribution in [0.2, 0.25) is 0 Å². The number of aliphatic hydroxyl groups excluding tert-OH is 1. The zero-order valence-corrected chi connectivity index (χ0v) is 10.7. The first kappa shape index (κ1) is 12.4. The fourth-order valence-electron chi connectivity index (χ4n) is 1.83. The molecule has 0 aliphatic heterocycles. The van der Waals surface area contributed by atoms with Gasteiger partial charge in [0.2, 0.25) is 5.88 Å². The molecule has 5 heteroatoms. The lowest BCUT2D eigenvalue weighted by molar-refractivity contribution is 0.271. The van der Waals surface area contributed by atoms with Crippen LogP contribution in [0.25, 0.3) is 5.69 Å². The second-order valence-corrected chi connectivity index (χ2v) is 3.84. The molecule has 1 heterocycles. The van der Waals surface area contributed by atoms with Gasteiger partial charge in [0.05, 0.1) is 37.8 Å². The number of rotatable bonds is 4. The first-order valence-electron chi connectivity index (χ1n) is 5.59. The molecular weight excluding hydrogens is 232 g/mol. The predicted octanol–water partition coefficient (Wildman–Crippen LogP) is 1.69. The molecule has 0 spiro atoms. The lowest BCUT2D eigenvalue weighted by Gasteiger charge is -2.08. The summed E-state index contributed by atoms with van der Waals surface area (Å²) in [6, 6.07) is 7.47. The summed E-state index contributed by atoms with van der Waals surface area (Å²) in [5, 5.41) is 13.7. The van der Waals surface area contributed by atoms with Crippen molar-refractivity contribution in [3.8, 4) is 17.3 Å². The summed E-state index contributed by atoms with van der Waals surface area (Å²) in [6.07, 6.45) is 0. The third-order valence-corrected chi connectivity index (χ3v) is 2.81. The standard InChI is InChI=1S/C13H16N2O3/c1-9-12(8-16)13(18-3)15(14-9)10-4-6-11(17-2)7-5-10/h4-7,16H,8H2,1-3H3. The largest absolute Gasteiger partial charge is 0.497 e. The van der Waals surface area contributed by atoms with E-state index in [1.165, 1.54) is 0 Å². The van der Waals surface area contributed by atoms with E-state index < -0.39 is 0 Å². The van der Waals surface area contributed by atoms with Gasteiger partial charge in [0.25, 0.3) is 0 Å². The van der Waals surface area contributed by atoms with Gasteiger partial charge in [-0.1, -0.05) is 0 Å². The van der Waals surface area contributed by atoms with E-state index in [4.69, 9.17) is 9.47 Å². The quantitative estimate of drug-likeness (QED) is 0.894. The van der Waals surface area contributed by atoms with Crippen LogP contribution in [0.5, 0.6) is 11.6 Å². The first-order valence-corrected chi connectivity index (χ1v) is 5.59. The van der Waals surface area contributed by atoms with Crippen molar-refractivity contribution < 1.29 is 14.6 Å². The van der Waals surface area contributed by atoms with E-state index >= 15 is 0 Å². The second-order valence-electron chi connectivity index (χ2n) is 3.84. The number of aryl methyl sites for hydroxylation is 1. The molecule has 18 heavy (non-hydrogen) atoms. The molecule has 0 saturated carbocycles. The smallest absolute Gasteiger partial charge is 0.222 e. The van der Waals surface area contributed by atoms with Gasteiger partial charge in [-0.25, -0.2) is 4.68 Å². The molecule has 5 nitrogen and oxygen atoms in total. The van der Waals surface area contributed by atoms with Crippen molar-refractivity contribution in [2.75, 3.05) is 14.2 Å². The van der Waals surface area contributed by atoms with E-state index in [0.29, 0.717) is 11.4 Å². The Morgan fingerprint density at radius 1 is 1.17 bits per heavy atom. The fourth-order valence-corrected chi connectivity index (χ4v) is 1.83. The van der Waals surface area contributed by atoms with E-state index in [9.17, 15) is 5.11 Å². The van der Waals surface area contributed by atoms with E-state index in [1.54, 1.807) is 18.9 Å². The summed E-state index contributed by atoms with van der Waals surface area (Å²) in [5.41, 5.74) is 2.31. The number of methoxy groups -OCH3 is 2. The van der Waals surface area contributed by atoms with Gasteiger partial charge < -0.3 is 14.6 Å². The van der Waals surface area contributed by atoms with Gasteiger partial charge in [-0.3, -0.25) is 0 Å². The molecule has 1 N–H and O–H groups in total. The number of nitrogens with zero attached hydrogens (tertiary/aromatic N) is 2. The fraction of sp³-hybridized carbons (Fsp3) is 0.308. The Hall–Kier alpha value is -2.01. The van der Waals surface area contributed by atoms with Crippen LogP contribution in [0, 0.1) is 6.92 Å². The monoisotopic (exact) mass is 248 g/mol. The number of hydrogen-bond acceptors (Lipinski definition) is 4. The van der Waals surface area contributed by atoms with Gasteiger partial charge in [-0.15, -0.1) is 0 Å². The van der Waals surface area contributed by atoms with Gasteiger partial charge in [0, 0.05) is 0 Å². The van der Waals surface area contributed by atoms with Crippen LogP contribution >= 0.6 is 0 Å². The topological polar surface area (TPSA) is 56.5 Å². The van der Waals surface area contributed by atoms with Crippen molar-refractivity contribution >= 4 is 0 Å². The van der Waals surface area contributed by atoms with E-state index in [1.807, 2.05) is 31.2 Å². The van der Waals surface area contributed by atoms with Crippen LogP contribution in [-0.4, -0.2) is 29.1 Å². The number of aliphatic hydroxyl groups is 1. The molecule has 1 aromatic carbocycles. The van der Waals surface area contributed by atoms with Gasteiger partial charge in [0.1, 0.15) is 5.75 Å². The zero-order valence-electron chi connectivity index (χ0n) is 10.7. The summed E-state index contributed by atoms with van der Waals surface area (Å²) >= 11 is 0. The second kappa shape index (κ2) is 5.10. The van der Waals surface area contributed by atoms with Crippen LogP contribution in [0.15, 0.2) is 24.3 Å². The van der Waals surface area contributed by atoms with Crippen LogP contribution in [-0.2, 0) is 6.61 Å². The molecule has 96 valence electrons. The minimum absolute atomic E-state index is 0.0921. The van der Waals surface area contributed by atoms with Gasteiger partial charge in [0.15, 0.2) is 0 Å². The zero-order chi connectivity index (χ0) is 13.1. The maximum atomic E-state index is 9.32. The third-order valence-electron chi connectivity index (χ3n) is 2.81. The van der Waals surface area contributed by atoms with Crippen LogP contribution in [0.3, 0.4) is 0 Å². The normalized spacial score (nSPS) is 10.4. The van der Waals surface area contributed by atoms with Crippen molar-refractivity contribution in [1.82, 2.24) is 9.78 Å². The maximum Gasteiger partial charge on any atom is 0.222 e. The van der Waals surface area contributed by atoms with Crippen LogP contribution in [0.4, 0.5) is 0 Å². The van der Waals surface area contributed by atoms with Gasteiger partial charge >= 0.3 is 0 Å². The molecule has 0 unspecified atom stereocenters. The molecule has 2 aromatic rings. The highest BCUT2D eigenvalue weighted by Gasteiger charge is 2.16. The molecule has 0 amide bonds. The highest BCUT2D eigenvalue weighted by atomic mass is 16.5. The minimum atomic E-state index is -0.0921. The molecule has 0 bridgehead atoms. The minimum Gasteiger partial charge on any atom is -0.497 e. The van der Waals surface area contributed by atoms with E-state index in [-0.39, 0.29) is 6.61 Å². The maximum absolute atomic E-state index is 9.32. The predicted molar refractivity (Wildman–Crippen MR) is 67.3 cm³/mol. The molecule has 0 saturated heterocycles. The number of aromatic nitrogens is 2. The Labute approximate surface area is 106 Å². The molecule has 0 aliphatic rings. The number of hydrogen-bond donors (Lipinski definition) is 1. The molecule has 0 atom stereocenters. The average Bonchev–Trinajstić information content (AvgIpc) is 2.74. The molecule has 0 aliphatic carbocycles. The molecule has 0 fully saturated rings. The van der Waals surface area contributed by atoms with Crippen molar-refractivity contribution in [2.24, 2.45) is 0 Å². The number of ether oxygens (including phenoxy) is 2. The first-order chi connectivity index (χ1) is 8.71. The Morgan fingerprint density at radius 2 is 1.83 bits per heavy atom. The van der Waals surface area contributed by atoms with E-state index in [2.05, 4.69) is 5.10 Å². The highest BCUT2D eigenvalue weighted by molar-refractivity contribution is 5.43.